The molecule has 3 rings (SSSR count). The predicted octanol–water partition coefficient (Wildman–Crippen LogP) is 2.22. The number of carbonyl (C=O) groups is 1. The molecule has 0 radical (unpaired) electrons. The number of aliphatic carboxylic acids is 1. The van der Waals surface area contributed by atoms with Crippen LogP contribution in [0, 0.1) is 23.7 Å². The average Bonchev–Trinajstić information content (AvgIpc) is 2.87. The minimum atomic E-state index is -0.613. The van der Waals surface area contributed by atoms with Gasteiger partial charge in [0, 0.05) is 6.54 Å². The van der Waals surface area contributed by atoms with Gasteiger partial charge < -0.3 is 5.11 Å². The van der Waals surface area contributed by atoms with Gasteiger partial charge in [0.1, 0.15) is 6.04 Å². The molecule has 0 heterocycles. The molecule has 3 heteroatoms. The van der Waals surface area contributed by atoms with Gasteiger partial charge in [-0.05, 0) is 62.8 Å². The van der Waals surface area contributed by atoms with Gasteiger partial charge in [0.2, 0.25) is 0 Å². The molecule has 0 aliphatic heterocycles. The van der Waals surface area contributed by atoms with Gasteiger partial charge in [0.05, 0.1) is 0 Å². The van der Waals surface area contributed by atoms with Crippen LogP contribution < -0.4 is 0 Å². The molecule has 4 atom stereocenters. The van der Waals surface area contributed by atoms with E-state index in [0.29, 0.717) is 5.92 Å². The van der Waals surface area contributed by atoms with Crippen molar-refractivity contribution in [3.8, 4) is 0 Å². The van der Waals surface area contributed by atoms with Crippen molar-refractivity contribution in [1.82, 2.24) is 4.90 Å². The lowest BCUT2D eigenvalue weighted by Crippen LogP contribution is -2.43. The molecule has 0 aromatic carbocycles. The Bertz CT molecular complexity index is 313. The monoisotopic (exact) mass is 237 g/mol. The van der Waals surface area contributed by atoms with E-state index in [4.69, 9.17) is 0 Å². The summed E-state index contributed by atoms with van der Waals surface area (Å²) >= 11 is 0. The fourth-order valence-electron chi connectivity index (χ4n) is 4.25. The molecule has 0 saturated heterocycles. The van der Waals surface area contributed by atoms with Gasteiger partial charge in [-0.15, -0.1) is 0 Å². The Morgan fingerprint density at radius 1 is 1.29 bits per heavy atom. The SMILES string of the molecule is CN(CC1CC2CCC1C2)C(C(=O)O)C1CC1. The van der Waals surface area contributed by atoms with E-state index >= 15 is 0 Å². The Morgan fingerprint density at radius 2 is 2.06 bits per heavy atom. The highest BCUT2D eigenvalue weighted by molar-refractivity contribution is 5.74. The molecule has 0 aromatic rings. The van der Waals surface area contributed by atoms with Crippen LogP contribution in [0.5, 0.6) is 0 Å². The number of carboxylic acids is 1. The molecule has 0 spiro atoms. The molecule has 3 nitrogen and oxygen atoms in total. The zero-order valence-corrected chi connectivity index (χ0v) is 10.6. The van der Waals surface area contributed by atoms with E-state index in [1.807, 2.05) is 7.05 Å². The van der Waals surface area contributed by atoms with Crippen molar-refractivity contribution >= 4 is 5.97 Å². The van der Waals surface area contributed by atoms with Gasteiger partial charge >= 0.3 is 5.97 Å². The minimum Gasteiger partial charge on any atom is -0.480 e. The van der Waals surface area contributed by atoms with Crippen molar-refractivity contribution in [1.29, 1.82) is 0 Å². The molecule has 3 aliphatic carbocycles. The third-order valence-corrected chi connectivity index (χ3v) is 5.20. The molecule has 17 heavy (non-hydrogen) atoms. The molecule has 3 fully saturated rings. The lowest BCUT2D eigenvalue weighted by atomic mass is 9.88. The number of fused-ring (bicyclic) bond motifs is 2. The molecule has 0 aromatic heterocycles. The second kappa shape index (κ2) is 4.27. The van der Waals surface area contributed by atoms with E-state index in [2.05, 4.69) is 4.90 Å². The largest absolute Gasteiger partial charge is 0.480 e. The first-order valence-electron chi connectivity index (χ1n) is 7.08. The summed E-state index contributed by atoms with van der Waals surface area (Å²) in [5.74, 6) is 2.45. The molecule has 2 bridgehead atoms. The van der Waals surface area contributed by atoms with Crippen LogP contribution in [-0.2, 0) is 4.79 Å². The Morgan fingerprint density at radius 3 is 2.53 bits per heavy atom. The lowest BCUT2D eigenvalue weighted by Gasteiger charge is -2.31. The Hall–Kier alpha value is -0.570. The van der Waals surface area contributed by atoms with Gasteiger partial charge in [0.25, 0.3) is 0 Å². The quantitative estimate of drug-likeness (QED) is 0.797. The van der Waals surface area contributed by atoms with Gasteiger partial charge in [0.15, 0.2) is 0 Å². The van der Waals surface area contributed by atoms with Crippen LogP contribution in [0.3, 0.4) is 0 Å². The van der Waals surface area contributed by atoms with Gasteiger partial charge in [-0.3, -0.25) is 9.69 Å². The highest BCUT2D eigenvalue weighted by Gasteiger charge is 2.43. The summed E-state index contributed by atoms with van der Waals surface area (Å²) in [5, 5.41) is 9.32. The van der Waals surface area contributed by atoms with Crippen LogP contribution in [0.2, 0.25) is 0 Å². The van der Waals surface area contributed by atoms with E-state index in [1.165, 1.54) is 25.7 Å². The van der Waals surface area contributed by atoms with Crippen LogP contribution in [0.15, 0.2) is 0 Å². The maximum atomic E-state index is 11.3. The standard InChI is InChI=1S/C14H23NO2/c1-15(13(14(16)17)10-4-5-10)8-12-7-9-2-3-11(12)6-9/h9-13H,2-8H2,1H3,(H,16,17). The summed E-state index contributed by atoms with van der Waals surface area (Å²) in [7, 11) is 2.02. The van der Waals surface area contributed by atoms with Crippen molar-refractivity contribution in [2.24, 2.45) is 23.7 Å². The van der Waals surface area contributed by atoms with E-state index in [0.717, 1.165) is 37.1 Å². The second-order valence-corrected chi connectivity index (χ2v) is 6.50. The third-order valence-electron chi connectivity index (χ3n) is 5.20. The van der Waals surface area contributed by atoms with Crippen LogP contribution in [-0.4, -0.2) is 35.6 Å². The number of nitrogens with zero attached hydrogens (tertiary/aromatic N) is 1. The normalized spacial score (nSPS) is 37.6. The molecular formula is C14H23NO2. The molecule has 3 aliphatic rings. The Balaban J connectivity index is 1.58. The molecule has 4 unspecified atom stereocenters. The van der Waals surface area contributed by atoms with Gasteiger partial charge in [-0.2, -0.15) is 0 Å². The summed E-state index contributed by atoms with van der Waals surface area (Å²) in [5.41, 5.74) is 0. The molecule has 96 valence electrons. The van der Waals surface area contributed by atoms with Crippen molar-refractivity contribution in [3.63, 3.8) is 0 Å². The fraction of sp³-hybridized carbons (Fsp3) is 0.929. The van der Waals surface area contributed by atoms with Crippen molar-refractivity contribution < 1.29 is 9.90 Å². The first-order valence-corrected chi connectivity index (χ1v) is 7.08. The zero-order chi connectivity index (χ0) is 12.0. The predicted molar refractivity (Wildman–Crippen MR) is 65.7 cm³/mol. The molecule has 1 N–H and O–H groups in total. The average molecular weight is 237 g/mol. The van der Waals surface area contributed by atoms with E-state index in [1.54, 1.807) is 0 Å². The summed E-state index contributed by atoms with van der Waals surface area (Å²) in [4.78, 5) is 13.4. The summed E-state index contributed by atoms with van der Waals surface area (Å²) < 4.78 is 0. The number of hydrogen-bond acceptors (Lipinski definition) is 2. The van der Waals surface area contributed by atoms with E-state index in [-0.39, 0.29) is 6.04 Å². The van der Waals surface area contributed by atoms with Crippen molar-refractivity contribution in [3.05, 3.63) is 0 Å². The van der Waals surface area contributed by atoms with Crippen molar-refractivity contribution in [2.75, 3.05) is 13.6 Å². The Kier molecular flexibility index (Phi) is 2.89. The van der Waals surface area contributed by atoms with Crippen LogP contribution >= 0.6 is 0 Å². The first kappa shape index (κ1) is 11.5. The zero-order valence-electron chi connectivity index (χ0n) is 10.6. The number of hydrogen-bond donors (Lipinski definition) is 1. The Labute approximate surface area is 103 Å². The maximum absolute atomic E-state index is 11.3. The summed E-state index contributed by atoms with van der Waals surface area (Å²) in [6.45, 7) is 1.01. The lowest BCUT2D eigenvalue weighted by molar-refractivity contribution is -0.143. The van der Waals surface area contributed by atoms with Crippen LogP contribution in [0.25, 0.3) is 0 Å². The minimum absolute atomic E-state index is 0.214. The number of carboxylic acid groups (broad SMARTS) is 1. The summed E-state index contributed by atoms with van der Waals surface area (Å²) in [6.07, 6.45) is 7.81. The number of likely N-dealkylation sites (N-methyl/N-ethyl adjacent to an activating group) is 1. The summed E-state index contributed by atoms with van der Waals surface area (Å²) in [6, 6.07) is -0.214. The highest BCUT2D eigenvalue weighted by Crippen LogP contribution is 2.48. The molecule has 3 saturated carbocycles. The van der Waals surface area contributed by atoms with Gasteiger partial charge in [-0.25, -0.2) is 0 Å². The van der Waals surface area contributed by atoms with E-state index in [9.17, 15) is 9.90 Å². The first-order chi connectivity index (χ1) is 8.15. The van der Waals surface area contributed by atoms with Crippen LogP contribution in [0.4, 0.5) is 0 Å². The highest BCUT2D eigenvalue weighted by atomic mass is 16.4. The third kappa shape index (κ3) is 2.22. The maximum Gasteiger partial charge on any atom is 0.321 e. The molecular weight excluding hydrogens is 214 g/mol. The topological polar surface area (TPSA) is 40.5 Å². The number of rotatable bonds is 5. The molecule has 0 amide bonds. The smallest absolute Gasteiger partial charge is 0.321 e. The second-order valence-electron chi connectivity index (χ2n) is 6.50. The fourth-order valence-corrected chi connectivity index (χ4v) is 4.25. The van der Waals surface area contributed by atoms with E-state index < -0.39 is 5.97 Å². The van der Waals surface area contributed by atoms with Crippen molar-refractivity contribution in [2.45, 2.75) is 44.6 Å². The van der Waals surface area contributed by atoms with Gasteiger partial charge in [-0.1, -0.05) is 6.42 Å². The van der Waals surface area contributed by atoms with Crippen LogP contribution in [0.1, 0.15) is 38.5 Å².